The van der Waals surface area contributed by atoms with Gasteiger partial charge in [0.15, 0.2) is 5.75 Å². The number of ether oxygens (including phenoxy) is 2. The minimum absolute atomic E-state index is 0.0184. The number of methoxy groups -OCH3 is 2. The average molecular weight is 567 g/mol. The number of carbonyl (C=O) groups excluding carboxylic acids is 1. The first-order chi connectivity index (χ1) is 20.0. The highest BCUT2D eigenvalue weighted by molar-refractivity contribution is 6.31. The Hall–Kier alpha value is -5.08. The van der Waals surface area contributed by atoms with Crippen molar-refractivity contribution in [1.82, 2.24) is 0 Å². The Bertz CT molecular complexity index is 1740. The Morgan fingerprint density at radius 1 is 0.854 bits per heavy atom. The predicted octanol–water partition coefficient (Wildman–Crippen LogP) is 8.50. The molecule has 0 unspecified atom stereocenters. The second-order valence-corrected chi connectivity index (χ2v) is 9.50. The quantitative estimate of drug-likeness (QED) is 0.155. The van der Waals surface area contributed by atoms with Crippen molar-refractivity contribution < 1.29 is 19.4 Å². The summed E-state index contributed by atoms with van der Waals surface area (Å²) in [7, 11) is 3.04. The third-order valence-corrected chi connectivity index (χ3v) is 6.66. The molecule has 0 spiro atoms. The Morgan fingerprint density at radius 3 is 2.37 bits per heavy atom. The summed E-state index contributed by atoms with van der Waals surface area (Å²) in [6.07, 6.45) is 0. The Kier molecular flexibility index (Phi) is 8.31. The zero-order chi connectivity index (χ0) is 28.8. The SMILES string of the molecule is COc1ccc(NCc2ccccc2)cc1N=Nc1c(O)c(C(=O)Nc2cc(Cl)ccc2OC)cc2ccccc12. The van der Waals surface area contributed by atoms with Crippen LogP contribution >= 0.6 is 11.6 Å². The highest BCUT2D eigenvalue weighted by Crippen LogP contribution is 2.41. The summed E-state index contributed by atoms with van der Waals surface area (Å²) in [5.74, 6) is 0.0544. The van der Waals surface area contributed by atoms with E-state index in [9.17, 15) is 9.90 Å². The number of aromatic hydroxyl groups is 1. The van der Waals surface area contributed by atoms with Crippen LogP contribution in [0.15, 0.2) is 107 Å². The number of benzene rings is 5. The first-order valence-electron chi connectivity index (χ1n) is 12.7. The van der Waals surface area contributed by atoms with Crippen LogP contribution in [0.25, 0.3) is 10.8 Å². The van der Waals surface area contributed by atoms with Gasteiger partial charge in [0.25, 0.3) is 5.91 Å². The largest absolute Gasteiger partial charge is 0.505 e. The third-order valence-electron chi connectivity index (χ3n) is 6.43. The van der Waals surface area contributed by atoms with Gasteiger partial charge in [-0.15, -0.1) is 10.2 Å². The van der Waals surface area contributed by atoms with E-state index in [1.54, 1.807) is 43.5 Å². The zero-order valence-corrected chi connectivity index (χ0v) is 23.1. The molecule has 5 rings (SSSR count). The first kappa shape index (κ1) is 27.5. The number of anilines is 2. The summed E-state index contributed by atoms with van der Waals surface area (Å²) in [6, 6.07) is 29.3. The third kappa shape index (κ3) is 6.23. The van der Waals surface area contributed by atoms with Gasteiger partial charge in [-0.1, -0.05) is 66.2 Å². The van der Waals surface area contributed by atoms with Crippen LogP contribution in [0, 0.1) is 0 Å². The average Bonchev–Trinajstić information content (AvgIpc) is 3.00. The van der Waals surface area contributed by atoms with Crippen molar-refractivity contribution in [3.8, 4) is 17.2 Å². The van der Waals surface area contributed by atoms with Crippen LogP contribution in [0.4, 0.5) is 22.7 Å². The van der Waals surface area contributed by atoms with E-state index < -0.39 is 5.91 Å². The highest BCUT2D eigenvalue weighted by atomic mass is 35.5. The van der Waals surface area contributed by atoms with Gasteiger partial charge in [-0.25, -0.2) is 0 Å². The fraction of sp³-hybridized carbons (Fsp3) is 0.0938. The van der Waals surface area contributed by atoms with Crippen molar-refractivity contribution in [1.29, 1.82) is 0 Å². The first-order valence-corrected chi connectivity index (χ1v) is 13.1. The van der Waals surface area contributed by atoms with Gasteiger partial charge >= 0.3 is 0 Å². The summed E-state index contributed by atoms with van der Waals surface area (Å²) in [4.78, 5) is 13.3. The van der Waals surface area contributed by atoms with Crippen molar-refractivity contribution in [2.24, 2.45) is 10.2 Å². The fourth-order valence-electron chi connectivity index (χ4n) is 4.34. The van der Waals surface area contributed by atoms with Gasteiger partial charge in [0.05, 0.1) is 25.5 Å². The number of rotatable bonds is 9. The molecule has 0 radical (unpaired) electrons. The highest BCUT2D eigenvalue weighted by Gasteiger charge is 2.20. The second-order valence-electron chi connectivity index (χ2n) is 9.07. The lowest BCUT2D eigenvalue weighted by Gasteiger charge is -2.13. The van der Waals surface area contributed by atoms with Crippen molar-refractivity contribution in [2.45, 2.75) is 6.54 Å². The molecule has 9 heteroatoms. The number of nitrogens with one attached hydrogen (secondary N) is 2. The molecule has 5 aromatic rings. The van der Waals surface area contributed by atoms with Gasteiger partial charge in [0.2, 0.25) is 0 Å². The Balaban J connectivity index is 1.50. The standard InChI is InChI=1S/C32H27ClN4O4/c1-40-28-14-12-22(33)17-26(28)35-32(39)25-16-21-10-6-7-11-24(21)30(31(25)38)37-36-27-18-23(13-15-29(27)41-2)34-19-20-8-4-3-5-9-20/h3-18,34,38H,19H2,1-2H3,(H,35,39). The summed E-state index contributed by atoms with van der Waals surface area (Å²) < 4.78 is 10.8. The minimum atomic E-state index is -0.560. The molecule has 206 valence electrons. The van der Waals surface area contributed by atoms with E-state index in [1.807, 2.05) is 60.7 Å². The molecule has 41 heavy (non-hydrogen) atoms. The molecule has 0 aromatic heterocycles. The van der Waals surface area contributed by atoms with E-state index in [4.69, 9.17) is 21.1 Å². The number of nitrogens with zero attached hydrogens (tertiary/aromatic N) is 2. The molecule has 8 nitrogen and oxygen atoms in total. The molecule has 0 aliphatic rings. The molecular formula is C32H27ClN4O4. The lowest BCUT2D eigenvalue weighted by molar-refractivity contribution is 0.102. The maximum Gasteiger partial charge on any atom is 0.259 e. The lowest BCUT2D eigenvalue weighted by Crippen LogP contribution is -2.13. The van der Waals surface area contributed by atoms with E-state index in [-0.39, 0.29) is 17.0 Å². The molecule has 0 fully saturated rings. The molecule has 0 atom stereocenters. The van der Waals surface area contributed by atoms with Gasteiger partial charge in [0.1, 0.15) is 22.9 Å². The van der Waals surface area contributed by atoms with E-state index in [0.717, 1.165) is 11.3 Å². The van der Waals surface area contributed by atoms with E-state index in [1.165, 1.54) is 7.11 Å². The number of carbonyl (C=O) groups is 1. The summed E-state index contributed by atoms with van der Waals surface area (Å²) in [5.41, 5.74) is 2.94. The predicted molar refractivity (Wildman–Crippen MR) is 163 cm³/mol. The van der Waals surface area contributed by atoms with Gasteiger partial charge < -0.3 is 25.2 Å². The number of phenols is 1. The van der Waals surface area contributed by atoms with Crippen molar-refractivity contribution in [3.63, 3.8) is 0 Å². The van der Waals surface area contributed by atoms with Crippen molar-refractivity contribution >= 4 is 51.0 Å². The second kappa shape index (κ2) is 12.4. The van der Waals surface area contributed by atoms with E-state index in [0.29, 0.717) is 45.2 Å². The van der Waals surface area contributed by atoms with Gasteiger partial charge in [0, 0.05) is 22.6 Å². The zero-order valence-electron chi connectivity index (χ0n) is 22.4. The van der Waals surface area contributed by atoms with E-state index >= 15 is 0 Å². The molecule has 1 amide bonds. The molecule has 0 saturated carbocycles. The van der Waals surface area contributed by atoms with Crippen LogP contribution in [0.5, 0.6) is 17.2 Å². The Labute approximate surface area is 242 Å². The molecule has 0 bridgehead atoms. The number of hydrogen-bond donors (Lipinski definition) is 3. The van der Waals surface area contributed by atoms with Gasteiger partial charge in [-0.3, -0.25) is 4.79 Å². The maximum absolute atomic E-state index is 13.3. The Morgan fingerprint density at radius 2 is 1.59 bits per heavy atom. The molecule has 5 aromatic carbocycles. The number of hydrogen-bond acceptors (Lipinski definition) is 7. The summed E-state index contributed by atoms with van der Waals surface area (Å²) in [5, 5.41) is 28.0. The van der Waals surface area contributed by atoms with Crippen LogP contribution < -0.4 is 20.1 Å². The monoisotopic (exact) mass is 566 g/mol. The molecule has 3 N–H and O–H groups in total. The fourth-order valence-corrected chi connectivity index (χ4v) is 4.51. The van der Waals surface area contributed by atoms with Gasteiger partial charge in [-0.2, -0.15) is 0 Å². The number of fused-ring (bicyclic) bond motifs is 1. The molecule has 0 aliphatic carbocycles. The summed E-state index contributed by atoms with van der Waals surface area (Å²) in [6.45, 7) is 0.629. The molecular weight excluding hydrogens is 540 g/mol. The minimum Gasteiger partial charge on any atom is -0.505 e. The van der Waals surface area contributed by atoms with Crippen LogP contribution in [0.3, 0.4) is 0 Å². The molecule has 0 aliphatic heterocycles. The van der Waals surface area contributed by atoms with Crippen molar-refractivity contribution in [2.75, 3.05) is 24.9 Å². The van der Waals surface area contributed by atoms with E-state index in [2.05, 4.69) is 20.9 Å². The van der Waals surface area contributed by atoms with Crippen LogP contribution in [0.1, 0.15) is 15.9 Å². The van der Waals surface area contributed by atoms with Crippen LogP contribution in [0.2, 0.25) is 5.02 Å². The topological polar surface area (TPSA) is 105 Å². The normalized spacial score (nSPS) is 11.0. The molecule has 0 saturated heterocycles. The smallest absolute Gasteiger partial charge is 0.259 e. The number of amides is 1. The van der Waals surface area contributed by atoms with Crippen LogP contribution in [-0.4, -0.2) is 25.2 Å². The van der Waals surface area contributed by atoms with Gasteiger partial charge in [-0.05, 0) is 53.4 Å². The number of halogens is 1. The van der Waals surface area contributed by atoms with Crippen molar-refractivity contribution in [3.05, 3.63) is 113 Å². The maximum atomic E-state index is 13.3. The van der Waals surface area contributed by atoms with Crippen LogP contribution in [-0.2, 0) is 6.54 Å². The number of azo groups is 1. The molecule has 0 heterocycles. The summed E-state index contributed by atoms with van der Waals surface area (Å²) >= 11 is 6.13. The lowest BCUT2D eigenvalue weighted by atomic mass is 10.0. The number of phenolic OH excluding ortho intramolecular Hbond substituents is 1.